The Morgan fingerprint density at radius 3 is 2.64 bits per heavy atom. The van der Waals surface area contributed by atoms with E-state index in [9.17, 15) is 14.7 Å². The van der Waals surface area contributed by atoms with E-state index in [1.54, 1.807) is 13.0 Å². The van der Waals surface area contributed by atoms with Gasteiger partial charge in [-0.2, -0.15) is 0 Å². The molecular formula is C24H30BrNO6S. The number of hydrogen-bond acceptors (Lipinski definition) is 7. The highest BCUT2D eigenvalue weighted by Gasteiger charge is 2.73. The number of aliphatic hydroxyl groups excluding tert-OH is 1. The van der Waals surface area contributed by atoms with Crippen LogP contribution >= 0.6 is 27.7 Å². The number of fused-ring (bicyclic) bond motifs is 1. The molecule has 1 aromatic carbocycles. The summed E-state index contributed by atoms with van der Waals surface area (Å²) in [6.07, 6.45) is 1.23. The Morgan fingerprint density at radius 2 is 2.03 bits per heavy atom. The molecule has 2 heterocycles. The minimum absolute atomic E-state index is 0.0674. The largest absolute Gasteiger partial charge is 0.467 e. The van der Waals surface area contributed by atoms with Gasteiger partial charge in [0.25, 0.3) is 0 Å². The number of amides is 1. The highest BCUT2D eigenvalue weighted by molar-refractivity contribution is 9.10. The second-order valence-electron chi connectivity index (χ2n) is 8.38. The van der Waals surface area contributed by atoms with Crippen LogP contribution in [-0.4, -0.2) is 68.0 Å². The molecule has 0 aromatic heterocycles. The molecule has 0 spiro atoms. The lowest BCUT2D eigenvalue weighted by molar-refractivity contribution is -0.168. The van der Waals surface area contributed by atoms with Gasteiger partial charge >= 0.3 is 5.97 Å². The maximum absolute atomic E-state index is 13.4. The van der Waals surface area contributed by atoms with Gasteiger partial charge in [0.05, 0.1) is 0 Å². The second kappa shape index (κ2) is 10.2. The van der Waals surface area contributed by atoms with Crippen molar-refractivity contribution in [1.82, 2.24) is 4.90 Å². The van der Waals surface area contributed by atoms with Crippen LogP contribution in [-0.2, 0) is 23.8 Å². The average Bonchev–Trinajstić information content (AvgIpc) is 3.05. The zero-order valence-corrected chi connectivity index (χ0v) is 21.6. The molecule has 2 fully saturated rings. The first-order valence-electron chi connectivity index (χ1n) is 10.8. The smallest absolute Gasteiger partial charge is 0.330 e. The number of carbonyl (C=O) groups excluding carboxylic acids is 2. The van der Waals surface area contributed by atoms with Gasteiger partial charge in [-0.3, -0.25) is 4.79 Å². The van der Waals surface area contributed by atoms with Crippen LogP contribution < -0.4 is 0 Å². The molecule has 33 heavy (non-hydrogen) atoms. The topological polar surface area (TPSA) is 85.3 Å². The number of nitrogens with zero attached hydrogens (tertiary/aromatic N) is 1. The second-order valence-corrected chi connectivity index (χ2v) is 11.4. The lowest BCUT2D eigenvalue weighted by Crippen LogP contribution is -2.75. The van der Waals surface area contributed by atoms with Gasteiger partial charge in [-0.1, -0.05) is 58.9 Å². The lowest BCUT2D eigenvalue weighted by atomic mass is 9.86. The zero-order chi connectivity index (χ0) is 24.4. The van der Waals surface area contributed by atoms with Crippen LogP contribution in [0, 0.1) is 0 Å². The maximum Gasteiger partial charge on any atom is 0.330 e. The summed E-state index contributed by atoms with van der Waals surface area (Å²) in [7, 11) is 0. The number of thioether (sulfide) groups is 1. The van der Waals surface area contributed by atoms with Crippen molar-refractivity contribution in [2.45, 2.75) is 60.6 Å². The van der Waals surface area contributed by atoms with E-state index in [1.807, 2.05) is 51.1 Å². The fraction of sp³-hybridized carbons (Fsp3) is 0.500. The van der Waals surface area contributed by atoms with Crippen molar-refractivity contribution in [2.24, 2.45) is 0 Å². The highest BCUT2D eigenvalue weighted by atomic mass is 79.9. The monoisotopic (exact) mass is 539 g/mol. The molecule has 180 valence electrons. The van der Waals surface area contributed by atoms with Crippen molar-refractivity contribution in [3.63, 3.8) is 0 Å². The molecule has 2 aliphatic heterocycles. The van der Waals surface area contributed by atoms with Crippen LogP contribution in [0.4, 0.5) is 0 Å². The predicted molar refractivity (Wildman–Crippen MR) is 132 cm³/mol. The number of hydrogen-bond donors (Lipinski definition) is 1. The summed E-state index contributed by atoms with van der Waals surface area (Å²) in [6, 6.07) is 8.60. The van der Waals surface area contributed by atoms with E-state index < -0.39 is 44.8 Å². The van der Waals surface area contributed by atoms with E-state index in [1.165, 1.54) is 22.7 Å². The van der Waals surface area contributed by atoms with Crippen molar-refractivity contribution >= 4 is 45.6 Å². The number of alkyl halides is 1. The van der Waals surface area contributed by atoms with E-state index >= 15 is 0 Å². The van der Waals surface area contributed by atoms with Gasteiger partial charge in [0, 0.05) is 11.4 Å². The van der Waals surface area contributed by atoms with E-state index in [4.69, 9.17) is 14.2 Å². The predicted octanol–water partition coefficient (Wildman–Crippen LogP) is 3.71. The minimum Gasteiger partial charge on any atom is -0.467 e. The first kappa shape index (κ1) is 25.8. The van der Waals surface area contributed by atoms with Gasteiger partial charge < -0.3 is 24.2 Å². The Kier molecular flexibility index (Phi) is 7.99. The summed E-state index contributed by atoms with van der Waals surface area (Å²) in [6.45, 7) is 11.4. The third-order valence-corrected chi connectivity index (χ3v) is 8.73. The normalized spacial score (nSPS) is 27.9. The summed E-state index contributed by atoms with van der Waals surface area (Å²) < 4.78 is 14.7. The van der Waals surface area contributed by atoms with Crippen LogP contribution in [0.2, 0.25) is 0 Å². The molecule has 2 aliphatic rings. The number of benzene rings is 1. The fourth-order valence-corrected chi connectivity index (χ4v) is 6.63. The first-order chi connectivity index (χ1) is 15.6. The third kappa shape index (κ3) is 4.87. The summed E-state index contributed by atoms with van der Waals surface area (Å²) >= 11 is 4.97. The van der Waals surface area contributed by atoms with Crippen LogP contribution in [0.25, 0.3) is 6.08 Å². The standard InChI is InChI=1S/C24H30BrNO6S/c1-6-13-31-20(28)18-23(4,5)33-22-24(25,21(29)26(18)22)19(27)17(32-15(3)30-7-2)14-16-11-9-8-10-12-16/h6,8-12,14-15,18-19,22,27H,1,7,13H2,2-5H3/t15-,18+,19?,22-,24+/m1/s1. The van der Waals surface area contributed by atoms with Crippen molar-refractivity contribution in [2.75, 3.05) is 13.2 Å². The van der Waals surface area contributed by atoms with Crippen molar-refractivity contribution in [1.29, 1.82) is 0 Å². The van der Waals surface area contributed by atoms with Gasteiger partial charge in [0.1, 0.15) is 29.9 Å². The molecule has 1 aromatic rings. The average molecular weight is 540 g/mol. The summed E-state index contributed by atoms with van der Waals surface area (Å²) in [4.78, 5) is 27.6. The van der Waals surface area contributed by atoms with Crippen LogP contribution in [0.15, 0.2) is 48.7 Å². The maximum atomic E-state index is 13.4. The number of aliphatic hydroxyl groups is 1. The summed E-state index contributed by atoms with van der Waals surface area (Å²) in [5, 5.41) is 10.9. The number of rotatable bonds is 10. The Hall–Kier alpha value is -1.81. The molecule has 1 unspecified atom stereocenters. The van der Waals surface area contributed by atoms with Gasteiger partial charge in [-0.05, 0) is 39.3 Å². The first-order valence-corrected chi connectivity index (χ1v) is 12.4. The molecule has 0 aliphatic carbocycles. The number of β-lactam (4-membered cyclic amide) rings is 1. The van der Waals surface area contributed by atoms with Crippen molar-refractivity contribution in [3.05, 3.63) is 54.3 Å². The van der Waals surface area contributed by atoms with Gasteiger partial charge in [0.15, 0.2) is 10.6 Å². The number of ether oxygens (including phenoxy) is 3. The number of halogens is 1. The summed E-state index contributed by atoms with van der Waals surface area (Å²) in [5.74, 6) is -0.693. The molecule has 0 bridgehead atoms. The van der Waals surface area contributed by atoms with Crippen molar-refractivity contribution < 1.29 is 28.9 Å². The molecule has 5 atom stereocenters. The van der Waals surface area contributed by atoms with Gasteiger partial charge in [-0.25, -0.2) is 4.79 Å². The van der Waals surface area contributed by atoms with E-state index in [-0.39, 0.29) is 12.4 Å². The molecule has 7 nitrogen and oxygen atoms in total. The molecule has 1 amide bonds. The SMILES string of the molecule is C=CCOC(=O)[C@@H]1N2C(=O)[C@@](Br)(C(O)C(=Cc3ccccc3)O[C@H](C)OCC)[C@H]2SC1(C)C. The van der Waals surface area contributed by atoms with Crippen LogP contribution in [0.1, 0.15) is 33.3 Å². The lowest BCUT2D eigenvalue weighted by Gasteiger charge is -2.52. The molecule has 9 heteroatoms. The van der Waals surface area contributed by atoms with E-state index in [0.29, 0.717) is 6.61 Å². The van der Waals surface area contributed by atoms with E-state index in [0.717, 1.165) is 5.56 Å². The Bertz CT molecular complexity index is 923. The number of carbonyl (C=O) groups is 2. The highest BCUT2D eigenvalue weighted by Crippen LogP contribution is 2.60. The third-order valence-electron chi connectivity index (χ3n) is 5.57. The van der Waals surface area contributed by atoms with Crippen molar-refractivity contribution in [3.8, 4) is 0 Å². The quantitative estimate of drug-likeness (QED) is 0.121. The Balaban J connectivity index is 1.91. The Morgan fingerprint density at radius 1 is 1.36 bits per heavy atom. The van der Waals surface area contributed by atoms with Gasteiger partial charge in [-0.15, -0.1) is 11.8 Å². The molecule has 3 rings (SSSR count). The van der Waals surface area contributed by atoms with E-state index in [2.05, 4.69) is 22.5 Å². The molecule has 0 saturated carbocycles. The molecule has 0 radical (unpaired) electrons. The van der Waals surface area contributed by atoms with Gasteiger partial charge in [0.2, 0.25) is 5.91 Å². The van der Waals surface area contributed by atoms with Crippen LogP contribution in [0.3, 0.4) is 0 Å². The zero-order valence-electron chi connectivity index (χ0n) is 19.2. The fourth-order valence-electron chi connectivity index (χ4n) is 4.06. The summed E-state index contributed by atoms with van der Waals surface area (Å²) in [5.41, 5.74) is 0.806. The number of esters is 1. The van der Waals surface area contributed by atoms with Crippen LogP contribution in [0.5, 0.6) is 0 Å². The minimum atomic E-state index is -1.37. The molecule has 2 saturated heterocycles. The molecular weight excluding hydrogens is 510 g/mol. The molecule has 1 N–H and O–H groups in total. The Labute approximate surface area is 207 Å².